The number of halogens is 2. The second-order valence-electron chi connectivity index (χ2n) is 5.54. The first-order valence-corrected chi connectivity index (χ1v) is 7.69. The Bertz CT molecular complexity index is 603. The maximum atomic E-state index is 13.2. The van der Waals surface area contributed by atoms with Crippen molar-refractivity contribution < 1.29 is 4.39 Å². The average molecular weight is 334 g/mol. The maximum absolute atomic E-state index is 13.2. The van der Waals surface area contributed by atoms with Gasteiger partial charge in [-0.1, -0.05) is 29.8 Å². The standard InChI is InChI=1S/C17H17BrFN/c1-11-2-4-12(5-3-11)13-8-15(9-13)20-17-10-14(19)6-7-16(17)18/h2-7,10,13,15,20H,8-9H2,1H3. The van der Waals surface area contributed by atoms with Crippen molar-refractivity contribution in [2.45, 2.75) is 31.7 Å². The number of rotatable bonds is 3. The number of anilines is 1. The molecule has 2 aromatic carbocycles. The van der Waals surface area contributed by atoms with Crippen LogP contribution < -0.4 is 5.32 Å². The summed E-state index contributed by atoms with van der Waals surface area (Å²) in [6, 6.07) is 13.9. The molecular weight excluding hydrogens is 317 g/mol. The number of aryl methyl sites for hydroxylation is 1. The van der Waals surface area contributed by atoms with Crippen LogP contribution in [0.4, 0.5) is 10.1 Å². The molecule has 2 aromatic rings. The number of benzene rings is 2. The Labute approximate surface area is 127 Å². The molecule has 20 heavy (non-hydrogen) atoms. The molecule has 0 bridgehead atoms. The predicted octanol–water partition coefficient (Wildman–Crippen LogP) is 5.25. The van der Waals surface area contributed by atoms with Crippen LogP contribution in [-0.4, -0.2) is 6.04 Å². The number of hydrogen-bond donors (Lipinski definition) is 1. The molecule has 1 fully saturated rings. The van der Waals surface area contributed by atoms with Gasteiger partial charge in [0.25, 0.3) is 0 Å². The summed E-state index contributed by atoms with van der Waals surface area (Å²) in [7, 11) is 0. The minimum Gasteiger partial charge on any atom is -0.381 e. The first-order chi connectivity index (χ1) is 9.61. The van der Waals surface area contributed by atoms with Crippen LogP contribution in [0.25, 0.3) is 0 Å². The average Bonchev–Trinajstić information content (AvgIpc) is 2.39. The van der Waals surface area contributed by atoms with Crippen LogP contribution >= 0.6 is 15.9 Å². The van der Waals surface area contributed by atoms with Gasteiger partial charge in [0.15, 0.2) is 0 Å². The van der Waals surface area contributed by atoms with Gasteiger partial charge >= 0.3 is 0 Å². The lowest BCUT2D eigenvalue weighted by molar-refractivity contribution is 0.374. The summed E-state index contributed by atoms with van der Waals surface area (Å²) in [5, 5.41) is 3.41. The van der Waals surface area contributed by atoms with Crippen molar-refractivity contribution >= 4 is 21.6 Å². The monoisotopic (exact) mass is 333 g/mol. The summed E-state index contributed by atoms with van der Waals surface area (Å²) in [6.45, 7) is 2.11. The fraction of sp³-hybridized carbons (Fsp3) is 0.294. The Hall–Kier alpha value is -1.35. The van der Waals surface area contributed by atoms with E-state index in [-0.39, 0.29) is 5.82 Å². The van der Waals surface area contributed by atoms with Gasteiger partial charge in [0.2, 0.25) is 0 Å². The maximum Gasteiger partial charge on any atom is 0.125 e. The molecule has 3 rings (SSSR count). The van der Waals surface area contributed by atoms with Gasteiger partial charge in [0.1, 0.15) is 5.82 Å². The zero-order valence-electron chi connectivity index (χ0n) is 11.4. The van der Waals surface area contributed by atoms with Crippen LogP contribution in [0.5, 0.6) is 0 Å². The highest BCUT2D eigenvalue weighted by molar-refractivity contribution is 9.10. The van der Waals surface area contributed by atoms with E-state index in [1.165, 1.54) is 17.2 Å². The van der Waals surface area contributed by atoms with E-state index in [0.29, 0.717) is 12.0 Å². The van der Waals surface area contributed by atoms with Gasteiger partial charge in [-0.15, -0.1) is 0 Å². The molecule has 0 heterocycles. The Morgan fingerprint density at radius 3 is 2.50 bits per heavy atom. The lowest BCUT2D eigenvalue weighted by Gasteiger charge is -2.37. The summed E-state index contributed by atoms with van der Waals surface area (Å²) in [5.74, 6) is 0.422. The molecule has 0 spiro atoms. The summed E-state index contributed by atoms with van der Waals surface area (Å²) >= 11 is 3.45. The second-order valence-corrected chi connectivity index (χ2v) is 6.40. The first-order valence-electron chi connectivity index (χ1n) is 6.90. The van der Waals surface area contributed by atoms with Gasteiger partial charge in [-0.05, 0) is 65.4 Å². The number of nitrogens with one attached hydrogen (secondary N) is 1. The third kappa shape index (κ3) is 2.88. The molecule has 0 unspecified atom stereocenters. The summed E-state index contributed by atoms with van der Waals surface area (Å²) in [4.78, 5) is 0. The third-order valence-electron chi connectivity index (χ3n) is 3.97. The fourth-order valence-electron chi connectivity index (χ4n) is 2.67. The van der Waals surface area contributed by atoms with E-state index in [1.807, 2.05) is 0 Å². The fourth-order valence-corrected chi connectivity index (χ4v) is 3.04. The summed E-state index contributed by atoms with van der Waals surface area (Å²) in [6.07, 6.45) is 2.21. The Morgan fingerprint density at radius 2 is 1.80 bits per heavy atom. The molecule has 1 N–H and O–H groups in total. The van der Waals surface area contributed by atoms with E-state index < -0.39 is 0 Å². The van der Waals surface area contributed by atoms with E-state index in [1.54, 1.807) is 12.1 Å². The van der Waals surface area contributed by atoms with E-state index in [0.717, 1.165) is 23.0 Å². The quantitative estimate of drug-likeness (QED) is 0.808. The zero-order valence-corrected chi connectivity index (χ0v) is 13.0. The molecular formula is C17H17BrFN. The van der Waals surface area contributed by atoms with Crippen molar-refractivity contribution in [3.05, 3.63) is 63.9 Å². The molecule has 1 nitrogen and oxygen atoms in total. The zero-order chi connectivity index (χ0) is 14.1. The van der Waals surface area contributed by atoms with Crippen molar-refractivity contribution in [2.75, 3.05) is 5.32 Å². The molecule has 0 saturated heterocycles. The smallest absolute Gasteiger partial charge is 0.125 e. The first kappa shape index (κ1) is 13.6. The van der Waals surface area contributed by atoms with Gasteiger partial charge in [-0.2, -0.15) is 0 Å². The van der Waals surface area contributed by atoms with Crippen LogP contribution in [0.1, 0.15) is 29.9 Å². The molecule has 0 aliphatic heterocycles. The lowest BCUT2D eigenvalue weighted by Crippen LogP contribution is -2.34. The van der Waals surface area contributed by atoms with Gasteiger partial charge in [0, 0.05) is 10.5 Å². The summed E-state index contributed by atoms with van der Waals surface area (Å²) < 4.78 is 14.2. The van der Waals surface area contributed by atoms with E-state index in [9.17, 15) is 4.39 Å². The molecule has 0 radical (unpaired) electrons. The Balaban J connectivity index is 1.60. The highest BCUT2D eigenvalue weighted by Crippen LogP contribution is 2.39. The Morgan fingerprint density at radius 1 is 1.10 bits per heavy atom. The molecule has 0 aromatic heterocycles. The normalized spacial score (nSPS) is 21.4. The van der Waals surface area contributed by atoms with Crippen molar-refractivity contribution in [1.82, 2.24) is 0 Å². The third-order valence-corrected chi connectivity index (χ3v) is 4.67. The molecule has 1 aliphatic carbocycles. The van der Waals surface area contributed by atoms with Crippen LogP contribution in [0.3, 0.4) is 0 Å². The van der Waals surface area contributed by atoms with Gasteiger partial charge in [-0.3, -0.25) is 0 Å². The number of hydrogen-bond acceptors (Lipinski definition) is 1. The minimum absolute atomic E-state index is 0.204. The van der Waals surface area contributed by atoms with Crippen molar-refractivity contribution in [1.29, 1.82) is 0 Å². The SMILES string of the molecule is Cc1ccc(C2CC(Nc3cc(F)ccc3Br)C2)cc1. The lowest BCUT2D eigenvalue weighted by atomic mass is 9.75. The molecule has 1 aliphatic rings. The van der Waals surface area contributed by atoms with Crippen LogP contribution in [0, 0.1) is 12.7 Å². The molecule has 1 saturated carbocycles. The van der Waals surface area contributed by atoms with E-state index in [4.69, 9.17) is 0 Å². The van der Waals surface area contributed by atoms with Crippen LogP contribution in [0.15, 0.2) is 46.9 Å². The van der Waals surface area contributed by atoms with E-state index in [2.05, 4.69) is 52.4 Å². The van der Waals surface area contributed by atoms with Crippen molar-refractivity contribution in [3.8, 4) is 0 Å². The van der Waals surface area contributed by atoms with Gasteiger partial charge in [0.05, 0.1) is 5.69 Å². The predicted molar refractivity (Wildman–Crippen MR) is 84.7 cm³/mol. The van der Waals surface area contributed by atoms with Crippen molar-refractivity contribution in [3.63, 3.8) is 0 Å². The molecule has 3 heteroatoms. The largest absolute Gasteiger partial charge is 0.381 e. The highest BCUT2D eigenvalue weighted by Gasteiger charge is 2.30. The molecule has 104 valence electrons. The topological polar surface area (TPSA) is 12.0 Å². The van der Waals surface area contributed by atoms with Crippen molar-refractivity contribution in [2.24, 2.45) is 0 Å². The van der Waals surface area contributed by atoms with Crippen LogP contribution in [0.2, 0.25) is 0 Å². The van der Waals surface area contributed by atoms with Crippen LogP contribution in [-0.2, 0) is 0 Å². The van der Waals surface area contributed by atoms with Gasteiger partial charge in [-0.25, -0.2) is 4.39 Å². The van der Waals surface area contributed by atoms with Gasteiger partial charge < -0.3 is 5.32 Å². The minimum atomic E-state index is -0.204. The Kier molecular flexibility index (Phi) is 3.79. The molecule has 0 atom stereocenters. The summed E-state index contributed by atoms with van der Waals surface area (Å²) in [5.41, 5.74) is 3.55. The highest BCUT2D eigenvalue weighted by atomic mass is 79.9. The molecule has 0 amide bonds. The van der Waals surface area contributed by atoms with E-state index >= 15 is 0 Å². The second kappa shape index (κ2) is 5.57.